The Labute approximate surface area is 163 Å². The van der Waals surface area contributed by atoms with Crippen LogP contribution in [0.3, 0.4) is 0 Å². The van der Waals surface area contributed by atoms with Crippen molar-refractivity contribution in [2.45, 2.75) is 6.92 Å². The molecule has 0 bridgehead atoms. The van der Waals surface area contributed by atoms with Gasteiger partial charge in [0.25, 0.3) is 5.91 Å². The number of thiazole rings is 2. The molecule has 1 N–H and O–H groups in total. The maximum atomic E-state index is 14.0. The van der Waals surface area contributed by atoms with Crippen LogP contribution >= 0.6 is 22.7 Å². The predicted octanol–water partition coefficient (Wildman–Crippen LogP) is 5.63. The van der Waals surface area contributed by atoms with Gasteiger partial charge >= 0.3 is 0 Å². The third-order valence-electron chi connectivity index (χ3n) is 4.01. The molecule has 0 aliphatic carbocycles. The highest BCUT2D eigenvalue weighted by molar-refractivity contribution is 7.13. The molecule has 2 aromatic carbocycles. The number of para-hydroxylation sites is 1. The number of hydrogen-bond acceptors (Lipinski definition) is 5. The van der Waals surface area contributed by atoms with E-state index in [0.717, 1.165) is 5.56 Å². The summed E-state index contributed by atoms with van der Waals surface area (Å²) in [6.07, 6.45) is 0. The first kappa shape index (κ1) is 17.5. The van der Waals surface area contributed by atoms with Crippen LogP contribution in [0.2, 0.25) is 0 Å². The van der Waals surface area contributed by atoms with E-state index in [0.29, 0.717) is 32.5 Å². The predicted molar refractivity (Wildman–Crippen MR) is 108 cm³/mol. The molecule has 2 heterocycles. The highest BCUT2D eigenvalue weighted by Gasteiger charge is 2.16. The molecule has 7 heteroatoms. The van der Waals surface area contributed by atoms with Crippen LogP contribution in [0.5, 0.6) is 0 Å². The molecular formula is C20H14FN3OS2. The monoisotopic (exact) mass is 395 g/mol. The standard InChI is InChI=1S/C20H14FN3OS2/c1-12-18(27-11-22-12)19(25)23-16-9-5-3-7-14(16)17-10-26-20(24-17)13-6-2-4-8-15(13)21/h2-11H,1H3,(H,23,25). The molecule has 0 unspecified atom stereocenters. The molecule has 4 rings (SSSR count). The Bertz CT molecular complexity index is 1120. The van der Waals surface area contributed by atoms with Crippen molar-refractivity contribution in [2.75, 3.05) is 5.32 Å². The molecule has 0 fully saturated rings. The Morgan fingerprint density at radius 1 is 1.04 bits per heavy atom. The van der Waals surface area contributed by atoms with Gasteiger partial charge in [-0.2, -0.15) is 0 Å². The molecular weight excluding hydrogens is 381 g/mol. The molecule has 1 amide bonds. The first-order chi connectivity index (χ1) is 13.1. The van der Waals surface area contributed by atoms with Crippen LogP contribution in [0.4, 0.5) is 10.1 Å². The molecule has 0 aliphatic rings. The van der Waals surface area contributed by atoms with E-state index < -0.39 is 0 Å². The molecule has 0 saturated carbocycles. The number of rotatable bonds is 4. The average molecular weight is 395 g/mol. The molecule has 0 atom stereocenters. The lowest BCUT2D eigenvalue weighted by atomic mass is 10.1. The zero-order chi connectivity index (χ0) is 18.8. The van der Waals surface area contributed by atoms with Gasteiger partial charge in [-0.3, -0.25) is 4.79 Å². The topological polar surface area (TPSA) is 54.9 Å². The van der Waals surface area contributed by atoms with E-state index in [4.69, 9.17) is 0 Å². The fourth-order valence-corrected chi connectivity index (χ4v) is 4.21. The molecule has 0 saturated heterocycles. The normalized spacial score (nSPS) is 10.7. The van der Waals surface area contributed by atoms with Gasteiger partial charge in [0.15, 0.2) is 0 Å². The smallest absolute Gasteiger partial charge is 0.267 e. The lowest BCUT2D eigenvalue weighted by molar-refractivity contribution is 0.103. The first-order valence-corrected chi connectivity index (χ1v) is 9.90. The number of nitrogens with zero attached hydrogens (tertiary/aromatic N) is 2. The number of aryl methyl sites for hydroxylation is 1. The summed E-state index contributed by atoms with van der Waals surface area (Å²) in [6, 6.07) is 14.0. The Morgan fingerprint density at radius 3 is 2.52 bits per heavy atom. The van der Waals surface area contributed by atoms with Crippen molar-refractivity contribution >= 4 is 34.3 Å². The number of halogens is 1. The minimum absolute atomic E-state index is 0.202. The quantitative estimate of drug-likeness (QED) is 0.487. The summed E-state index contributed by atoms with van der Waals surface area (Å²) in [5.41, 5.74) is 4.95. The minimum atomic E-state index is -0.305. The van der Waals surface area contributed by atoms with Gasteiger partial charge in [0, 0.05) is 16.5 Å². The minimum Gasteiger partial charge on any atom is -0.321 e. The third-order valence-corrected chi connectivity index (χ3v) is 5.81. The third kappa shape index (κ3) is 3.51. The van der Waals surface area contributed by atoms with E-state index >= 15 is 0 Å². The number of benzene rings is 2. The van der Waals surface area contributed by atoms with Gasteiger partial charge in [0.2, 0.25) is 0 Å². The number of carbonyl (C=O) groups is 1. The average Bonchev–Trinajstić information content (AvgIpc) is 3.32. The lowest BCUT2D eigenvalue weighted by Crippen LogP contribution is -2.12. The summed E-state index contributed by atoms with van der Waals surface area (Å²) >= 11 is 2.67. The fourth-order valence-electron chi connectivity index (χ4n) is 2.67. The van der Waals surface area contributed by atoms with Crippen molar-refractivity contribution in [2.24, 2.45) is 0 Å². The van der Waals surface area contributed by atoms with E-state index in [1.807, 2.05) is 29.6 Å². The zero-order valence-electron chi connectivity index (χ0n) is 14.3. The summed E-state index contributed by atoms with van der Waals surface area (Å²) in [6.45, 7) is 1.80. The van der Waals surface area contributed by atoms with Gasteiger partial charge in [0.05, 0.1) is 22.6 Å². The molecule has 4 aromatic rings. The van der Waals surface area contributed by atoms with Crippen molar-refractivity contribution in [3.8, 4) is 21.8 Å². The summed E-state index contributed by atoms with van der Waals surface area (Å²) in [5, 5.41) is 5.40. The Kier molecular flexibility index (Phi) is 4.79. The van der Waals surface area contributed by atoms with Crippen LogP contribution < -0.4 is 5.32 Å². The van der Waals surface area contributed by atoms with E-state index in [1.165, 1.54) is 28.7 Å². The summed E-state index contributed by atoms with van der Waals surface area (Å²) in [4.78, 5) is 21.8. The zero-order valence-corrected chi connectivity index (χ0v) is 15.9. The van der Waals surface area contributed by atoms with Gasteiger partial charge in [-0.05, 0) is 25.1 Å². The van der Waals surface area contributed by atoms with Gasteiger partial charge in [-0.15, -0.1) is 22.7 Å². The fraction of sp³-hybridized carbons (Fsp3) is 0.0500. The van der Waals surface area contributed by atoms with E-state index in [2.05, 4.69) is 15.3 Å². The van der Waals surface area contributed by atoms with Gasteiger partial charge < -0.3 is 5.32 Å². The second-order valence-corrected chi connectivity index (χ2v) is 7.50. The lowest BCUT2D eigenvalue weighted by Gasteiger charge is -2.09. The summed E-state index contributed by atoms with van der Waals surface area (Å²) in [5.74, 6) is -0.507. The van der Waals surface area contributed by atoms with Crippen molar-refractivity contribution in [1.82, 2.24) is 9.97 Å². The summed E-state index contributed by atoms with van der Waals surface area (Å²) < 4.78 is 14.0. The summed E-state index contributed by atoms with van der Waals surface area (Å²) in [7, 11) is 0. The first-order valence-electron chi connectivity index (χ1n) is 8.15. The number of aromatic nitrogens is 2. The van der Waals surface area contributed by atoms with E-state index in [9.17, 15) is 9.18 Å². The highest BCUT2D eigenvalue weighted by atomic mass is 32.1. The van der Waals surface area contributed by atoms with Crippen LogP contribution in [0.25, 0.3) is 21.8 Å². The van der Waals surface area contributed by atoms with Gasteiger partial charge in [-0.1, -0.05) is 30.3 Å². The molecule has 27 heavy (non-hydrogen) atoms. The maximum absolute atomic E-state index is 14.0. The molecule has 134 valence electrons. The molecule has 2 aromatic heterocycles. The Hall–Kier alpha value is -2.90. The van der Waals surface area contributed by atoms with E-state index in [-0.39, 0.29) is 11.7 Å². The van der Waals surface area contributed by atoms with Crippen LogP contribution in [-0.2, 0) is 0 Å². The van der Waals surface area contributed by atoms with Gasteiger partial charge in [0.1, 0.15) is 15.7 Å². The number of anilines is 1. The van der Waals surface area contributed by atoms with Crippen LogP contribution in [-0.4, -0.2) is 15.9 Å². The second-order valence-electron chi connectivity index (χ2n) is 5.78. The van der Waals surface area contributed by atoms with Crippen LogP contribution in [0.1, 0.15) is 15.4 Å². The van der Waals surface area contributed by atoms with Crippen molar-refractivity contribution < 1.29 is 9.18 Å². The maximum Gasteiger partial charge on any atom is 0.267 e. The van der Waals surface area contributed by atoms with E-state index in [1.54, 1.807) is 30.6 Å². The highest BCUT2D eigenvalue weighted by Crippen LogP contribution is 2.34. The van der Waals surface area contributed by atoms with Crippen molar-refractivity contribution in [1.29, 1.82) is 0 Å². The van der Waals surface area contributed by atoms with Crippen LogP contribution in [0.15, 0.2) is 59.4 Å². The number of amides is 1. The SMILES string of the molecule is Cc1ncsc1C(=O)Nc1ccccc1-c1csc(-c2ccccc2F)n1. The van der Waals surface area contributed by atoms with Crippen molar-refractivity contribution in [3.05, 3.63) is 75.8 Å². The molecule has 0 spiro atoms. The molecule has 0 aliphatic heterocycles. The Morgan fingerprint density at radius 2 is 1.78 bits per heavy atom. The van der Waals surface area contributed by atoms with Crippen molar-refractivity contribution in [3.63, 3.8) is 0 Å². The number of nitrogens with one attached hydrogen (secondary N) is 1. The van der Waals surface area contributed by atoms with Gasteiger partial charge in [-0.25, -0.2) is 14.4 Å². The number of hydrogen-bond donors (Lipinski definition) is 1. The second kappa shape index (κ2) is 7.38. The number of carbonyl (C=O) groups excluding carboxylic acids is 1. The van der Waals surface area contributed by atoms with Crippen LogP contribution in [0, 0.1) is 12.7 Å². The molecule has 4 nitrogen and oxygen atoms in total. The molecule has 0 radical (unpaired) electrons. The largest absolute Gasteiger partial charge is 0.321 e. The Balaban J connectivity index is 1.67.